The van der Waals surface area contributed by atoms with Gasteiger partial charge in [0.05, 0.1) is 19.8 Å². The van der Waals surface area contributed by atoms with E-state index in [0.717, 1.165) is 49.8 Å². The molecule has 1 saturated heterocycles. The quantitative estimate of drug-likeness (QED) is 0.791. The van der Waals surface area contributed by atoms with E-state index in [-0.39, 0.29) is 17.8 Å². The van der Waals surface area contributed by atoms with Crippen LogP contribution in [0, 0.1) is 11.7 Å². The molecule has 2 aliphatic rings. The van der Waals surface area contributed by atoms with Crippen LogP contribution in [0.5, 0.6) is 11.5 Å². The highest BCUT2D eigenvalue weighted by Crippen LogP contribution is 2.50. The van der Waals surface area contributed by atoms with Crippen LogP contribution in [0.4, 0.5) is 4.39 Å². The predicted octanol–water partition coefficient (Wildman–Crippen LogP) is 4.71. The van der Waals surface area contributed by atoms with E-state index >= 15 is 0 Å². The van der Waals surface area contributed by atoms with E-state index in [1.165, 1.54) is 6.07 Å². The van der Waals surface area contributed by atoms with Gasteiger partial charge in [-0.2, -0.15) is 0 Å². The van der Waals surface area contributed by atoms with Gasteiger partial charge in [-0.3, -0.25) is 4.90 Å². The van der Waals surface area contributed by atoms with Crippen molar-refractivity contribution in [2.24, 2.45) is 5.92 Å². The van der Waals surface area contributed by atoms with Gasteiger partial charge in [-0.25, -0.2) is 4.39 Å². The summed E-state index contributed by atoms with van der Waals surface area (Å²) in [5.74, 6) is 1.33. The second-order valence-electron chi connectivity index (χ2n) is 8.37. The Hall–Kier alpha value is -2.11. The van der Waals surface area contributed by atoms with Crippen LogP contribution in [-0.2, 0) is 6.54 Å². The molecule has 4 nitrogen and oxygen atoms in total. The maximum Gasteiger partial charge on any atom is 0.161 e. The van der Waals surface area contributed by atoms with Crippen LogP contribution < -0.4 is 9.47 Å². The first kappa shape index (κ1) is 20.2. The Morgan fingerprint density at radius 3 is 2.66 bits per heavy atom. The molecule has 2 aromatic rings. The molecule has 1 aliphatic heterocycles. The minimum atomic E-state index is -0.630. The summed E-state index contributed by atoms with van der Waals surface area (Å²) in [7, 11) is 3.28. The minimum Gasteiger partial charge on any atom is -0.493 e. The zero-order valence-corrected chi connectivity index (χ0v) is 17.2. The van der Waals surface area contributed by atoms with Gasteiger partial charge in [-0.15, -0.1) is 0 Å². The maximum atomic E-state index is 13.8. The Kier molecular flexibility index (Phi) is 5.79. The highest BCUT2D eigenvalue weighted by Gasteiger charge is 2.48. The van der Waals surface area contributed by atoms with E-state index in [1.807, 2.05) is 18.2 Å². The van der Waals surface area contributed by atoms with Gasteiger partial charge in [-0.1, -0.05) is 31.0 Å². The fraction of sp³-hybridized carbons (Fsp3) is 0.500. The van der Waals surface area contributed by atoms with Crippen molar-refractivity contribution in [2.45, 2.75) is 50.3 Å². The Morgan fingerprint density at radius 2 is 1.90 bits per heavy atom. The molecule has 156 valence electrons. The number of rotatable bonds is 5. The first-order valence-electron chi connectivity index (χ1n) is 10.5. The van der Waals surface area contributed by atoms with Gasteiger partial charge in [-0.05, 0) is 54.7 Å². The third-order valence-corrected chi connectivity index (χ3v) is 6.70. The van der Waals surface area contributed by atoms with Crippen molar-refractivity contribution in [3.05, 3.63) is 59.4 Å². The molecule has 5 heteroatoms. The molecule has 0 unspecified atom stereocenters. The molecule has 0 bridgehead atoms. The lowest BCUT2D eigenvalue weighted by molar-refractivity contribution is -0.126. The average molecular weight is 400 g/mol. The van der Waals surface area contributed by atoms with Crippen LogP contribution in [0.1, 0.15) is 49.3 Å². The number of aliphatic hydroxyl groups is 1. The average Bonchev–Trinajstić information content (AvgIpc) is 2.73. The fourth-order valence-corrected chi connectivity index (χ4v) is 5.27. The summed E-state index contributed by atoms with van der Waals surface area (Å²) in [5, 5.41) is 11.4. The second-order valence-corrected chi connectivity index (χ2v) is 8.37. The maximum absolute atomic E-state index is 13.8. The SMILES string of the molecule is COc1ccc([C@H]2[C@H]3CCCC[C@]3(O)CCN2Cc2cccc(F)c2)cc1OC. The van der Waals surface area contributed by atoms with E-state index in [1.54, 1.807) is 26.4 Å². The molecule has 2 aromatic carbocycles. The van der Waals surface area contributed by atoms with Crippen molar-refractivity contribution in [3.8, 4) is 11.5 Å². The third kappa shape index (κ3) is 3.99. The van der Waals surface area contributed by atoms with Crippen molar-refractivity contribution in [1.29, 1.82) is 0 Å². The molecule has 2 fully saturated rings. The van der Waals surface area contributed by atoms with Crippen molar-refractivity contribution < 1.29 is 19.0 Å². The first-order valence-corrected chi connectivity index (χ1v) is 10.5. The van der Waals surface area contributed by atoms with E-state index in [9.17, 15) is 9.50 Å². The molecule has 1 heterocycles. The van der Waals surface area contributed by atoms with Crippen molar-refractivity contribution >= 4 is 0 Å². The summed E-state index contributed by atoms with van der Waals surface area (Å²) in [4.78, 5) is 2.39. The third-order valence-electron chi connectivity index (χ3n) is 6.70. The van der Waals surface area contributed by atoms with Gasteiger partial charge in [0.25, 0.3) is 0 Å². The summed E-state index contributed by atoms with van der Waals surface area (Å²) >= 11 is 0. The molecule has 1 saturated carbocycles. The molecule has 29 heavy (non-hydrogen) atoms. The van der Waals surface area contributed by atoms with Crippen LogP contribution in [0.2, 0.25) is 0 Å². The number of halogens is 1. The Labute approximate surface area is 172 Å². The normalized spacial score (nSPS) is 27.3. The minimum absolute atomic E-state index is 0.0529. The van der Waals surface area contributed by atoms with Gasteiger partial charge >= 0.3 is 0 Å². The lowest BCUT2D eigenvalue weighted by Gasteiger charge is -2.53. The number of nitrogens with zero attached hydrogens (tertiary/aromatic N) is 1. The molecule has 0 spiro atoms. The monoisotopic (exact) mass is 399 g/mol. The Bertz CT molecular complexity index is 858. The number of hydrogen-bond donors (Lipinski definition) is 1. The van der Waals surface area contributed by atoms with E-state index in [2.05, 4.69) is 11.0 Å². The van der Waals surface area contributed by atoms with Gasteiger partial charge in [0.15, 0.2) is 11.5 Å². The molecule has 4 rings (SSSR count). The van der Waals surface area contributed by atoms with Crippen molar-refractivity contribution in [3.63, 3.8) is 0 Å². The van der Waals surface area contributed by atoms with E-state index < -0.39 is 5.60 Å². The number of methoxy groups -OCH3 is 2. The van der Waals surface area contributed by atoms with Gasteiger partial charge < -0.3 is 14.6 Å². The van der Waals surface area contributed by atoms with Crippen LogP contribution in [0.15, 0.2) is 42.5 Å². The Morgan fingerprint density at radius 1 is 1.07 bits per heavy atom. The smallest absolute Gasteiger partial charge is 0.161 e. The summed E-state index contributed by atoms with van der Waals surface area (Å²) in [6.07, 6.45) is 4.82. The standard InChI is InChI=1S/C24H30FNO3/c1-28-21-10-9-18(15-22(21)29-2)23-20-8-3-4-11-24(20,27)12-13-26(23)16-17-6-5-7-19(25)14-17/h5-7,9-10,14-15,20,23,27H,3-4,8,11-13,16H2,1-2H3/t20-,23+,24+/m1/s1. The van der Waals surface area contributed by atoms with Crippen LogP contribution in [0.3, 0.4) is 0 Å². The molecule has 1 aliphatic carbocycles. The van der Waals surface area contributed by atoms with Gasteiger partial charge in [0, 0.05) is 25.0 Å². The molecule has 0 radical (unpaired) electrons. The first-order chi connectivity index (χ1) is 14.0. The van der Waals surface area contributed by atoms with Crippen molar-refractivity contribution in [1.82, 2.24) is 4.90 Å². The van der Waals surface area contributed by atoms with Crippen LogP contribution >= 0.6 is 0 Å². The topological polar surface area (TPSA) is 41.9 Å². The summed E-state index contributed by atoms with van der Waals surface area (Å²) in [5.41, 5.74) is 1.44. The number of hydrogen-bond acceptors (Lipinski definition) is 4. The largest absolute Gasteiger partial charge is 0.493 e. The van der Waals surface area contributed by atoms with Gasteiger partial charge in [0.2, 0.25) is 0 Å². The second kappa shape index (κ2) is 8.33. The zero-order chi connectivity index (χ0) is 20.4. The summed E-state index contributed by atoms with van der Waals surface area (Å²) < 4.78 is 24.7. The molecule has 1 N–H and O–H groups in total. The highest BCUT2D eigenvalue weighted by molar-refractivity contribution is 5.44. The highest BCUT2D eigenvalue weighted by atomic mass is 19.1. The lowest BCUT2D eigenvalue weighted by atomic mass is 9.66. The number of likely N-dealkylation sites (tertiary alicyclic amines) is 1. The molecular formula is C24H30FNO3. The lowest BCUT2D eigenvalue weighted by Crippen LogP contribution is -2.54. The van der Waals surface area contributed by atoms with E-state index in [0.29, 0.717) is 18.0 Å². The van der Waals surface area contributed by atoms with E-state index in [4.69, 9.17) is 9.47 Å². The number of fused-ring (bicyclic) bond motifs is 1. The summed E-state index contributed by atoms with van der Waals surface area (Å²) in [6.45, 7) is 1.44. The molecule has 3 atom stereocenters. The van der Waals surface area contributed by atoms with Gasteiger partial charge in [0.1, 0.15) is 5.82 Å². The number of benzene rings is 2. The summed E-state index contributed by atoms with van der Waals surface area (Å²) in [6, 6.07) is 12.9. The number of ether oxygens (including phenoxy) is 2. The van der Waals surface area contributed by atoms with Crippen molar-refractivity contribution in [2.75, 3.05) is 20.8 Å². The molecular weight excluding hydrogens is 369 g/mol. The van der Waals surface area contributed by atoms with Crippen LogP contribution in [-0.4, -0.2) is 36.4 Å². The number of piperidine rings is 1. The molecule has 0 aromatic heterocycles. The Balaban J connectivity index is 1.72. The van der Waals surface area contributed by atoms with Crippen LogP contribution in [0.25, 0.3) is 0 Å². The fourth-order valence-electron chi connectivity index (χ4n) is 5.27. The zero-order valence-electron chi connectivity index (χ0n) is 17.2. The predicted molar refractivity (Wildman–Crippen MR) is 111 cm³/mol. The molecule has 0 amide bonds.